The predicted molar refractivity (Wildman–Crippen MR) is 66.4 cm³/mol. The van der Waals surface area contributed by atoms with Crippen molar-refractivity contribution in [2.24, 2.45) is 0 Å². The van der Waals surface area contributed by atoms with Gasteiger partial charge in [0.2, 0.25) is 5.91 Å². The third kappa shape index (κ3) is 3.16. The van der Waals surface area contributed by atoms with Crippen LogP contribution in [0.4, 0.5) is 15.0 Å². The summed E-state index contributed by atoms with van der Waals surface area (Å²) in [5.74, 6) is -0.443. The monoisotopic (exact) mass is 332 g/mol. The van der Waals surface area contributed by atoms with Gasteiger partial charge in [-0.05, 0) is 15.9 Å². The Labute approximate surface area is 116 Å². The van der Waals surface area contributed by atoms with Crippen molar-refractivity contribution in [3.63, 3.8) is 0 Å². The molecule has 102 valence electrons. The zero-order chi connectivity index (χ0) is 14.0. The van der Waals surface area contributed by atoms with Crippen molar-refractivity contribution < 1.29 is 19.1 Å². The summed E-state index contributed by atoms with van der Waals surface area (Å²) in [7, 11) is 0. The molecular formula is C10H10BrFN4O3. The Morgan fingerprint density at radius 1 is 1.53 bits per heavy atom. The van der Waals surface area contributed by atoms with Crippen LogP contribution in [-0.2, 0) is 4.79 Å². The second kappa shape index (κ2) is 5.47. The summed E-state index contributed by atoms with van der Waals surface area (Å²) in [5, 5.41) is 11.3. The fourth-order valence-electron chi connectivity index (χ4n) is 1.86. The average molecular weight is 333 g/mol. The molecule has 7 nitrogen and oxygen atoms in total. The van der Waals surface area contributed by atoms with Crippen LogP contribution in [0.25, 0.3) is 0 Å². The van der Waals surface area contributed by atoms with E-state index < -0.39 is 24.2 Å². The van der Waals surface area contributed by atoms with Gasteiger partial charge in [0.25, 0.3) is 0 Å². The van der Waals surface area contributed by atoms with E-state index >= 15 is 0 Å². The van der Waals surface area contributed by atoms with Crippen LogP contribution in [0.3, 0.4) is 0 Å². The SMILES string of the molecule is O=C(Nc1cncc(Br)n1)[C@@H]1C[C@@H](F)CN1C(=O)O. The number of hydrogen-bond acceptors (Lipinski definition) is 4. The molecule has 1 fully saturated rings. The van der Waals surface area contributed by atoms with Gasteiger partial charge < -0.3 is 10.4 Å². The summed E-state index contributed by atoms with van der Waals surface area (Å²) < 4.78 is 13.7. The summed E-state index contributed by atoms with van der Waals surface area (Å²) in [6, 6.07) is -1.05. The van der Waals surface area contributed by atoms with E-state index in [0.29, 0.717) is 4.60 Å². The second-order valence-corrected chi connectivity index (χ2v) is 4.81. The Hall–Kier alpha value is -1.77. The van der Waals surface area contributed by atoms with Crippen LogP contribution in [-0.4, -0.2) is 50.7 Å². The molecule has 2 amide bonds. The fraction of sp³-hybridized carbons (Fsp3) is 0.400. The molecule has 1 aromatic rings. The molecule has 0 aliphatic carbocycles. The Kier molecular flexibility index (Phi) is 3.93. The quantitative estimate of drug-likeness (QED) is 0.850. The topological polar surface area (TPSA) is 95.4 Å². The number of halogens is 2. The molecule has 0 bridgehead atoms. The molecule has 0 unspecified atom stereocenters. The van der Waals surface area contributed by atoms with Crippen molar-refractivity contribution in [1.82, 2.24) is 14.9 Å². The molecule has 1 saturated heterocycles. The van der Waals surface area contributed by atoms with Crippen molar-refractivity contribution in [2.75, 3.05) is 11.9 Å². The van der Waals surface area contributed by atoms with Crippen LogP contribution >= 0.6 is 15.9 Å². The van der Waals surface area contributed by atoms with Crippen LogP contribution in [0, 0.1) is 0 Å². The molecule has 0 aromatic carbocycles. The molecule has 1 aliphatic rings. The fourth-order valence-corrected chi connectivity index (χ4v) is 2.17. The van der Waals surface area contributed by atoms with Gasteiger partial charge >= 0.3 is 6.09 Å². The number of hydrogen-bond donors (Lipinski definition) is 2. The molecule has 2 N–H and O–H groups in total. The standard InChI is InChI=1S/C10H10BrFN4O3/c11-7-2-13-3-8(14-7)15-9(17)6-1-5(12)4-16(6)10(18)19/h2-3,5-6H,1,4H2,(H,18,19)(H,14,15,17)/t5-,6+/m1/s1. The van der Waals surface area contributed by atoms with Crippen molar-refractivity contribution in [3.8, 4) is 0 Å². The molecule has 1 aromatic heterocycles. The predicted octanol–water partition coefficient (Wildman–Crippen LogP) is 1.27. The van der Waals surface area contributed by atoms with Crippen LogP contribution in [0.2, 0.25) is 0 Å². The van der Waals surface area contributed by atoms with Gasteiger partial charge in [-0.3, -0.25) is 14.7 Å². The van der Waals surface area contributed by atoms with Crippen molar-refractivity contribution in [3.05, 3.63) is 17.0 Å². The highest BCUT2D eigenvalue weighted by Crippen LogP contribution is 2.21. The zero-order valence-corrected chi connectivity index (χ0v) is 11.2. The smallest absolute Gasteiger partial charge is 0.408 e. The van der Waals surface area contributed by atoms with Crippen molar-refractivity contribution in [2.45, 2.75) is 18.6 Å². The number of anilines is 1. The Morgan fingerprint density at radius 3 is 2.89 bits per heavy atom. The lowest BCUT2D eigenvalue weighted by Gasteiger charge is -2.19. The molecule has 2 atom stereocenters. The first-order chi connectivity index (χ1) is 8.97. The van der Waals surface area contributed by atoms with Gasteiger partial charge in [-0.1, -0.05) is 0 Å². The molecule has 1 aliphatic heterocycles. The largest absolute Gasteiger partial charge is 0.465 e. The van der Waals surface area contributed by atoms with Crippen LogP contribution in [0.1, 0.15) is 6.42 Å². The van der Waals surface area contributed by atoms with Gasteiger partial charge in [0.15, 0.2) is 5.82 Å². The normalized spacial score (nSPS) is 22.3. The van der Waals surface area contributed by atoms with E-state index in [2.05, 4.69) is 31.2 Å². The average Bonchev–Trinajstić information content (AvgIpc) is 2.71. The first kappa shape index (κ1) is 13.7. The maximum Gasteiger partial charge on any atom is 0.408 e. The van der Waals surface area contributed by atoms with E-state index in [0.717, 1.165) is 4.90 Å². The molecule has 2 heterocycles. The lowest BCUT2D eigenvalue weighted by molar-refractivity contribution is -0.120. The van der Waals surface area contributed by atoms with E-state index in [9.17, 15) is 14.0 Å². The molecule has 0 saturated carbocycles. The molecule has 2 rings (SSSR count). The summed E-state index contributed by atoms with van der Waals surface area (Å²) in [5.41, 5.74) is 0. The van der Waals surface area contributed by atoms with E-state index in [1.165, 1.54) is 12.4 Å². The van der Waals surface area contributed by atoms with E-state index in [1.54, 1.807) is 0 Å². The summed E-state index contributed by atoms with van der Waals surface area (Å²) >= 11 is 3.09. The number of nitrogens with zero attached hydrogens (tertiary/aromatic N) is 3. The van der Waals surface area contributed by atoms with E-state index in [1.807, 2.05) is 0 Å². The first-order valence-electron chi connectivity index (χ1n) is 5.39. The highest BCUT2D eigenvalue weighted by atomic mass is 79.9. The summed E-state index contributed by atoms with van der Waals surface area (Å²) in [4.78, 5) is 31.4. The van der Waals surface area contributed by atoms with Gasteiger partial charge in [-0.2, -0.15) is 0 Å². The number of likely N-dealkylation sites (tertiary alicyclic amines) is 1. The summed E-state index contributed by atoms with van der Waals surface area (Å²) in [6.45, 7) is -0.294. The van der Waals surface area contributed by atoms with Gasteiger partial charge in [0.05, 0.1) is 18.9 Å². The number of aromatic nitrogens is 2. The minimum atomic E-state index is -1.33. The molecular weight excluding hydrogens is 323 g/mol. The van der Waals surface area contributed by atoms with Crippen molar-refractivity contribution >= 4 is 33.7 Å². The third-order valence-electron chi connectivity index (χ3n) is 2.65. The number of carboxylic acid groups (broad SMARTS) is 1. The van der Waals surface area contributed by atoms with Crippen LogP contribution in [0.5, 0.6) is 0 Å². The Balaban J connectivity index is 2.09. The van der Waals surface area contributed by atoms with Crippen LogP contribution < -0.4 is 5.32 Å². The van der Waals surface area contributed by atoms with Gasteiger partial charge in [0, 0.05) is 6.42 Å². The number of carbonyl (C=O) groups is 2. The Morgan fingerprint density at radius 2 is 2.26 bits per heavy atom. The molecule has 9 heteroatoms. The zero-order valence-electron chi connectivity index (χ0n) is 9.58. The second-order valence-electron chi connectivity index (χ2n) is 4.00. The van der Waals surface area contributed by atoms with Crippen molar-refractivity contribution in [1.29, 1.82) is 0 Å². The highest BCUT2D eigenvalue weighted by molar-refractivity contribution is 9.10. The maximum absolute atomic E-state index is 13.2. The maximum atomic E-state index is 13.2. The first-order valence-corrected chi connectivity index (χ1v) is 6.18. The van der Waals surface area contributed by atoms with Gasteiger partial charge in [-0.15, -0.1) is 0 Å². The van der Waals surface area contributed by atoms with E-state index in [-0.39, 0.29) is 18.8 Å². The molecule has 0 radical (unpaired) electrons. The number of amides is 2. The van der Waals surface area contributed by atoms with Gasteiger partial charge in [0.1, 0.15) is 16.8 Å². The number of alkyl halides is 1. The molecule has 0 spiro atoms. The lowest BCUT2D eigenvalue weighted by Crippen LogP contribution is -2.42. The minimum Gasteiger partial charge on any atom is -0.465 e. The number of nitrogens with one attached hydrogen (secondary N) is 1. The lowest BCUT2D eigenvalue weighted by atomic mass is 10.2. The number of carbonyl (C=O) groups excluding carboxylic acids is 1. The molecule has 19 heavy (non-hydrogen) atoms. The third-order valence-corrected chi connectivity index (χ3v) is 3.04. The van der Waals surface area contributed by atoms with Gasteiger partial charge in [-0.25, -0.2) is 14.2 Å². The minimum absolute atomic E-state index is 0.153. The highest BCUT2D eigenvalue weighted by Gasteiger charge is 2.40. The summed E-state index contributed by atoms with van der Waals surface area (Å²) in [6.07, 6.45) is -0.0530. The Bertz CT molecular complexity index is 515. The van der Waals surface area contributed by atoms with E-state index in [4.69, 9.17) is 5.11 Å². The van der Waals surface area contributed by atoms with Crippen LogP contribution in [0.15, 0.2) is 17.0 Å². The number of rotatable bonds is 2.